The zero-order valence-corrected chi connectivity index (χ0v) is 19.9. The number of piperidine rings is 1. The smallest absolute Gasteiger partial charge is 0.335 e. The molecule has 2 aromatic carbocycles. The number of hydrogen-bond acceptors (Lipinski definition) is 6. The molecule has 0 unspecified atom stereocenters. The average Bonchev–Trinajstić information content (AvgIpc) is 2.79. The van der Waals surface area contributed by atoms with E-state index >= 15 is 0 Å². The van der Waals surface area contributed by atoms with E-state index in [0.717, 1.165) is 12.0 Å². The summed E-state index contributed by atoms with van der Waals surface area (Å²) in [4.78, 5) is 25.8. The maximum atomic E-state index is 13.1. The van der Waals surface area contributed by atoms with E-state index < -0.39 is 16.0 Å². The van der Waals surface area contributed by atoms with Gasteiger partial charge in [0.25, 0.3) is 10.0 Å². The van der Waals surface area contributed by atoms with Crippen LogP contribution in [0.1, 0.15) is 55.5 Å². The number of carboxylic acid groups (broad SMARTS) is 1. The largest absolute Gasteiger partial charge is 0.478 e. The Kier molecular flexibility index (Phi) is 7.63. The molecule has 0 spiro atoms. The second kappa shape index (κ2) is 10.2. The van der Waals surface area contributed by atoms with Crippen molar-refractivity contribution in [3.05, 3.63) is 53.6 Å². The fourth-order valence-corrected chi connectivity index (χ4v) is 4.98. The zero-order valence-electron chi connectivity index (χ0n) is 19.1. The van der Waals surface area contributed by atoms with E-state index in [4.69, 9.17) is 4.74 Å². The van der Waals surface area contributed by atoms with Crippen LogP contribution < -0.4 is 9.62 Å². The van der Waals surface area contributed by atoms with Gasteiger partial charge in [0.15, 0.2) is 0 Å². The summed E-state index contributed by atoms with van der Waals surface area (Å²) < 4.78 is 33.9. The minimum Gasteiger partial charge on any atom is -0.478 e. The van der Waals surface area contributed by atoms with Crippen LogP contribution in [0.4, 0.5) is 11.4 Å². The van der Waals surface area contributed by atoms with Gasteiger partial charge in [0.2, 0.25) is 0 Å². The number of nitrogens with one attached hydrogen (secondary N) is 1. The number of sulfonamides is 1. The van der Waals surface area contributed by atoms with Crippen molar-refractivity contribution in [3.63, 3.8) is 0 Å². The predicted molar refractivity (Wildman–Crippen MR) is 126 cm³/mol. The molecule has 0 bridgehead atoms. The maximum Gasteiger partial charge on any atom is 0.335 e. The molecule has 0 radical (unpaired) electrons. The second-order valence-corrected chi connectivity index (χ2v) is 10.1. The van der Waals surface area contributed by atoms with Crippen LogP contribution in [0.25, 0.3) is 0 Å². The number of anilines is 2. The van der Waals surface area contributed by atoms with Gasteiger partial charge in [0, 0.05) is 13.1 Å². The van der Waals surface area contributed by atoms with Crippen LogP contribution in [0.5, 0.6) is 0 Å². The highest BCUT2D eigenvalue weighted by atomic mass is 32.2. The van der Waals surface area contributed by atoms with Gasteiger partial charge in [0.1, 0.15) is 0 Å². The molecule has 0 aliphatic carbocycles. The van der Waals surface area contributed by atoms with Crippen molar-refractivity contribution in [2.45, 2.75) is 44.4 Å². The molecule has 1 atom stereocenters. The number of aromatic carboxylic acids is 1. The topological polar surface area (TPSA) is 113 Å². The molecule has 0 aromatic heterocycles. The summed E-state index contributed by atoms with van der Waals surface area (Å²) in [5.41, 5.74) is 1.66. The van der Waals surface area contributed by atoms with Crippen molar-refractivity contribution in [3.8, 4) is 0 Å². The molecule has 2 N–H and O–H groups in total. The first-order valence-electron chi connectivity index (χ1n) is 11.0. The summed E-state index contributed by atoms with van der Waals surface area (Å²) in [6, 6.07) is 10.9. The molecule has 1 fully saturated rings. The number of ether oxygens (including phenoxy) is 1. The fourth-order valence-electron chi connectivity index (χ4n) is 3.91. The van der Waals surface area contributed by atoms with Crippen LogP contribution in [0.2, 0.25) is 0 Å². The molecule has 0 saturated carbocycles. The Morgan fingerprint density at radius 2 is 1.88 bits per heavy atom. The van der Waals surface area contributed by atoms with E-state index in [1.165, 1.54) is 24.3 Å². The summed E-state index contributed by atoms with van der Waals surface area (Å²) in [5.74, 6) is -1.51. The summed E-state index contributed by atoms with van der Waals surface area (Å²) in [6.45, 7) is 7.07. The molecule has 2 aromatic rings. The lowest BCUT2D eigenvalue weighted by atomic mass is 9.97. The number of carbonyl (C=O) groups excluding carboxylic acids is 1. The highest BCUT2D eigenvalue weighted by Gasteiger charge is 2.29. The van der Waals surface area contributed by atoms with Crippen molar-refractivity contribution in [2.24, 2.45) is 5.92 Å². The molecule has 0 amide bonds. The number of esters is 1. The predicted octanol–water partition coefficient (Wildman–Crippen LogP) is 4.09. The number of carbonyl (C=O) groups is 2. The quantitative estimate of drug-likeness (QED) is 0.554. The monoisotopic (exact) mass is 474 g/mol. The zero-order chi connectivity index (χ0) is 24.2. The van der Waals surface area contributed by atoms with E-state index in [2.05, 4.69) is 4.72 Å². The first-order chi connectivity index (χ1) is 15.6. The van der Waals surface area contributed by atoms with Gasteiger partial charge in [-0.15, -0.1) is 0 Å². The minimum absolute atomic E-state index is 0.0365. The van der Waals surface area contributed by atoms with Crippen LogP contribution in [-0.4, -0.2) is 45.2 Å². The molecular weight excluding hydrogens is 444 g/mol. The van der Waals surface area contributed by atoms with Crippen LogP contribution >= 0.6 is 0 Å². The van der Waals surface area contributed by atoms with E-state index in [0.29, 0.717) is 31.8 Å². The van der Waals surface area contributed by atoms with Gasteiger partial charge in [-0.05, 0) is 61.6 Å². The van der Waals surface area contributed by atoms with Crippen LogP contribution in [0, 0.1) is 5.92 Å². The van der Waals surface area contributed by atoms with E-state index in [1.54, 1.807) is 25.1 Å². The molecule has 3 rings (SSSR count). The summed E-state index contributed by atoms with van der Waals surface area (Å²) >= 11 is 0. The van der Waals surface area contributed by atoms with Crippen molar-refractivity contribution >= 4 is 33.3 Å². The van der Waals surface area contributed by atoms with Gasteiger partial charge in [-0.1, -0.05) is 26.0 Å². The fraction of sp³-hybridized carbons (Fsp3) is 0.417. The number of rotatable bonds is 8. The van der Waals surface area contributed by atoms with Gasteiger partial charge < -0.3 is 14.7 Å². The molecule has 33 heavy (non-hydrogen) atoms. The summed E-state index contributed by atoms with van der Waals surface area (Å²) in [6.07, 6.45) is 1.42. The number of hydrogen-bond donors (Lipinski definition) is 2. The number of carboxylic acids is 1. The minimum atomic E-state index is -3.96. The Balaban J connectivity index is 1.94. The van der Waals surface area contributed by atoms with Crippen LogP contribution in [-0.2, 0) is 19.6 Å². The molecule has 8 nitrogen and oxygen atoms in total. The Hall–Kier alpha value is -3.07. The molecule has 178 valence electrons. The first-order valence-corrected chi connectivity index (χ1v) is 12.5. The van der Waals surface area contributed by atoms with Gasteiger partial charge in [0.05, 0.1) is 34.4 Å². The lowest BCUT2D eigenvalue weighted by molar-refractivity contribution is -0.148. The standard InChI is InChI=1S/C24H30N2O6S/c1-4-32-24(29)19-6-5-13-26(15-19)22-12-9-18(23(27)28)14-21(22)25-33(30,31)20-10-7-17(8-11-20)16(2)3/h7-12,14,16,19,25H,4-6,13,15H2,1-3H3,(H,27,28)/t19-/m0/s1. The Morgan fingerprint density at radius 1 is 1.18 bits per heavy atom. The Bertz CT molecular complexity index is 1110. The molecule has 9 heteroatoms. The van der Waals surface area contributed by atoms with Crippen LogP contribution in [0.15, 0.2) is 47.4 Å². The van der Waals surface area contributed by atoms with E-state index in [1.807, 2.05) is 18.7 Å². The van der Waals surface area contributed by atoms with Crippen molar-refractivity contribution < 1.29 is 27.9 Å². The van der Waals surface area contributed by atoms with Crippen molar-refractivity contribution in [1.82, 2.24) is 0 Å². The van der Waals surface area contributed by atoms with Crippen molar-refractivity contribution in [1.29, 1.82) is 0 Å². The van der Waals surface area contributed by atoms with Crippen molar-refractivity contribution in [2.75, 3.05) is 29.3 Å². The third kappa shape index (κ3) is 5.84. The summed E-state index contributed by atoms with van der Waals surface area (Å²) in [7, 11) is -3.96. The van der Waals surface area contributed by atoms with Gasteiger partial charge >= 0.3 is 11.9 Å². The van der Waals surface area contributed by atoms with Gasteiger partial charge in [-0.25, -0.2) is 13.2 Å². The van der Waals surface area contributed by atoms with Gasteiger partial charge in [-0.2, -0.15) is 0 Å². The maximum absolute atomic E-state index is 13.1. The molecule has 1 heterocycles. The molecule has 1 saturated heterocycles. The van der Waals surface area contributed by atoms with E-state index in [9.17, 15) is 23.1 Å². The van der Waals surface area contributed by atoms with Crippen LogP contribution in [0.3, 0.4) is 0 Å². The third-order valence-electron chi connectivity index (χ3n) is 5.73. The normalized spacial score (nSPS) is 16.5. The molecule has 1 aliphatic heterocycles. The first kappa shape index (κ1) is 24.6. The second-order valence-electron chi connectivity index (χ2n) is 8.40. The Labute approximate surface area is 194 Å². The highest BCUT2D eigenvalue weighted by molar-refractivity contribution is 7.92. The number of nitrogens with zero attached hydrogens (tertiary/aromatic N) is 1. The summed E-state index contributed by atoms with van der Waals surface area (Å²) in [5, 5.41) is 9.43. The number of benzene rings is 2. The lowest BCUT2D eigenvalue weighted by Crippen LogP contribution is -2.39. The van der Waals surface area contributed by atoms with E-state index in [-0.39, 0.29) is 34.0 Å². The SMILES string of the molecule is CCOC(=O)[C@H]1CCCN(c2ccc(C(=O)O)cc2NS(=O)(=O)c2ccc(C(C)C)cc2)C1. The molecule has 1 aliphatic rings. The van der Waals surface area contributed by atoms with Gasteiger partial charge in [-0.3, -0.25) is 9.52 Å². The molecular formula is C24H30N2O6S. The Morgan fingerprint density at radius 3 is 2.48 bits per heavy atom. The third-order valence-corrected chi connectivity index (χ3v) is 7.11. The highest BCUT2D eigenvalue weighted by Crippen LogP contribution is 2.33. The average molecular weight is 475 g/mol. The lowest BCUT2D eigenvalue weighted by Gasteiger charge is -2.34.